The molecule has 2 fully saturated rings. The fourth-order valence-electron chi connectivity index (χ4n) is 3.07. The van der Waals surface area contributed by atoms with Crippen molar-refractivity contribution in [1.82, 2.24) is 10.2 Å². The lowest BCUT2D eigenvalue weighted by Crippen LogP contribution is -2.37. The van der Waals surface area contributed by atoms with Gasteiger partial charge in [-0.25, -0.2) is 0 Å². The van der Waals surface area contributed by atoms with Crippen molar-refractivity contribution in [1.29, 1.82) is 0 Å². The van der Waals surface area contributed by atoms with Gasteiger partial charge in [-0.05, 0) is 57.7 Å². The average Bonchev–Trinajstić information content (AvgIpc) is 2.81. The first-order chi connectivity index (χ1) is 8.24. The molecule has 1 amide bonds. The highest BCUT2D eigenvalue weighted by Crippen LogP contribution is 2.27. The van der Waals surface area contributed by atoms with Gasteiger partial charge in [0, 0.05) is 13.0 Å². The van der Waals surface area contributed by atoms with Crippen LogP contribution in [0.5, 0.6) is 0 Å². The molecule has 1 heterocycles. The first kappa shape index (κ1) is 12.9. The Morgan fingerprint density at radius 2 is 1.76 bits per heavy atom. The summed E-state index contributed by atoms with van der Waals surface area (Å²) in [6, 6.07) is 0. The molecule has 0 spiro atoms. The summed E-state index contributed by atoms with van der Waals surface area (Å²) >= 11 is 0. The van der Waals surface area contributed by atoms with Gasteiger partial charge in [-0.3, -0.25) is 4.79 Å². The second kappa shape index (κ2) is 6.39. The van der Waals surface area contributed by atoms with Crippen molar-refractivity contribution in [3.05, 3.63) is 0 Å². The topological polar surface area (TPSA) is 32.3 Å². The van der Waals surface area contributed by atoms with Crippen LogP contribution in [0.15, 0.2) is 0 Å². The summed E-state index contributed by atoms with van der Waals surface area (Å²) < 4.78 is 0. The molecule has 17 heavy (non-hydrogen) atoms. The van der Waals surface area contributed by atoms with Gasteiger partial charge in [-0.2, -0.15) is 0 Å². The van der Waals surface area contributed by atoms with Crippen LogP contribution in [0.4, 0.5) is 0 Å². The van der Waals surface area contributed by atoms with Crippen LogP contribution in [0.3, 0.4) is 0 Å². The third-order valence-corrected chi connectivity index (χ3v) is 4.37. The summed E-state index contributed by atoms with van der Waals surface area (Å²) in [7, 11) is 2.18. The van der Waals surface area contributed by atoms with Crippen LogP contribution in [-0.2, 0) is 4.79 Å². The number of likely N-dealkylation sites (tertiary alicyclic amines) is 1. The van der Waals surface area contributed by atoms with Crippen LogP contribution in [-0.4, -0.2) is 37.5 Å². The largest absolute Gasteiger partial charge is 0.356 e. The lowest BCUT2D eigenvalue weighted by atomic mass is 9.97. The SMILES string of the molecule is CN1CCC(CNC(=O)CC2CCCC2)CC1. The molecule has 3 nitrogen and oxygen atoms in total. The molecule has 3 heteroatoms. The predicted molar refractivity (Wildman–Crippen MR) is 69.8 cm³/mol. The van der Waals surface area contributed by atoms with Crippen molar-refractivity contribution in [3.63, 3.8) is 0 Å². The molecule has 0 bridgehead atoms. The van der Waals surface area contributed by atoms with E-state index in [9.17, 15) is 4.79 Å². The number of carbonyl (C=O) groups is 1. The normalized spacial score (nSPS) is 24.1. The van der Waals surface area contributed by atoms with Crippen molar-refractivity contribution in [2.24, 2.45) is 11.8 Å². The summed E-state index contributed by atoms with van der Waals surface area (Å²) in [4.78, 5) is 14.2. The van der Waals surface area contributed by atoms with E-state index >= 15 is 0 Å². The molecule has 1 aliphatic carbocycles. The zero-order valence-electron chi connectivity index (χ0n) is 11.1. The van der Waals surface area contributed by atoms with Crippen LogP contribution in [0.25, 0.3) is 0 Å². The van der Waals surface area contributed by atoms with Gasteiger partial charge in [0.05, 0.1) is 0 Å². The van der Waals surface area contributed by atoms with Gasteiger partial charge in [-0.1, -0.05) is 12.8 Å². The Labute approximate surface area is 105 Å². The fourth-order valence-corrected chi connectivity index (χ4v) is 3.07. The van der Waals surface area contributed by atoms with Gasteiger partial charge in [-0.15, -0.1) is 0 Å². The summed E-state index contributed by atoms with van der Waals surface area (Å²) in [5, 5.41) is 3.14. The third-order valence-electron chi connectivity index (χ3n) is 4.37. The summed E-state index contributed by atoms with van der Waals surface area (Å²) in [5.41, 5.74) is 0. The minimum absolute atomic E-state index is 0.288. The molecule has 0 aromatic carbocycles. The fraction of sp³-hybridized carbons (Fsp3) is 0.929. The molecular weight excluding hydrogens is 212 g/mol. The number of rotatable bonds is 4. The third kappa shape index (κ3) is 4.30. The van der Waals surface area contributed by atoms with Crippen LogP contribution >= 0.6 is 0 Å². The Hall–Kier alpha value is -0.570. The molecule has 2 aliphatic rings. The van der Waals surface area contributed by atoms with E-state index in [2.05, 4.69) is 17.3 Å². The second-order valence-corrected chi connectivity index (χ2v) is 5.91. The number of hydrogen-bond acceptors (Lipinski definition) is 2. The number of nitrogens with zero attached hydrogens (tertiary/aromatic N) is 1. The summed E-state index contributed by atoms with van der Waals surface area (Å²) in [5.74, 6) is 1.67. The minimum Gasteiger partial charge on any atom is -0.356 e. The number of carbonyl (C=O) groups excluding carboxylic acids is 1. The smallest absolute Gasteiger partial charge is 0.220 e. The monoisotopic (exact) mass is 238 g/mol. The predicted octanol–water partition coefficient (Wildman–Crippen LogP) is 2.02. The second-order valence-electron chi connectivity index (χ2n) is 5.91. The molecule has 1 aliphatic heterocycles. The zero-order chi connectivity index (χ0) is 12.1. The molecule has 0 aromatic heterocycles. The first-order valence-corrected chi connectivity index (χ1v) is 7.19. The Balaban J connectivity index is 1.59. The summed E-state index contributed by atoms with van der Waals surface area (Å²) in [6.45, 7) is 3.27. The van der Waals surface area contributed by atoms with Crippen molar-refractivity contribution in [2.45, 2.75) is 44.9 Å². The van der Waals surface area contributed by atoms with E-state index in [4.69, 9.17) is 0 Å². The standard InChI is InChI=1S/C14H26N2O/c1-16-8-6-13(7-9-16)11-15-14(17)10-12-4-2-3-5-12/h12-13H,2-11H2,1H3,(H,15,17). The van der Waals surface area contributed by atoms with Crippen molar-refractivity contribution >= 4 is 5.91 Å². The maximum absolute atomic E-state index is 11.8. The van der Waals surface area contributed by atoms with Gasteiger partial charge in [0.2, 0.25) is 5.91 Å². The molecule has 0 atom stereocenters. The highest BCUT2D eigenvalue weighted by molar-refractivity contribution is 5.76. The number of nitrogens with one attached hydrogen (secondary N) is 1. The van der Waals surface area contributed by atoms with E-state index in [0.717, 1.165) is 13.0 Å². The molecule has 98 valence electrons. The molecule has 2 rings (SSSR count). The van der Waals surface area contributed by atoms with E-state index in [1.807, 2.05) is 0 Å². The van der Waals surface area contributed by atoms with Crippen molar-refractivity contribution < 1.29 is 4.79 Å². The Morgan fingerprint density at radius 1 is 1.12 bits per heavy atom. The van der Waals surface area contributed by atoms with E-state index in [1.54, 1.807) is 0 Å². The lowest BCUT2D eigenvalue weighted by molar-refractivity contribution is -0.122. The molecule has 0 aromatic rings. The number of piperidine rings is 1. The van der Waals surface area contributed by atoms with E-state index in [0.29, 0.717) is 11.8 Å². The Morgan fingerprint density at radius 3 is 2.41 bits per heavy atom. The number of hydrogen-bond donors (Lipinski definition) is 1. The van der Waals surface area contributed by atoms with Crippen molar-refractivity contribution in [3.8, 4) is 0 Å². The van der Waals surface area contributed by atoms with E-state index in [-0.39, 0.29) is 5.91 Å². The molecule has 1 N–H and O–H groups in total. The summed E-state index contributed by atoms with van der Waals surface area (Å²) in [6.07, 6.45) is 8.43. The van der Waals surface area contributed by atoms with Gasteiger partial charge < -0.3 is 10.2 Å². The van der Waals surface area contributed by atoms with Crippen LogP contribution < -0.4 is 5.32 Å². The maximum atomic E-state index is 11.8. The van der Waals surface area contributed by atoms with E-state index in [1.165, 1.54) is 51.6 Å². The molecule has 1 saturated carbocycles. The molecule has 1 saturated heterocycles. The van der Waals surface area contributed by atoms with Crippen LogP contribution in [0.1, 0.15) is 44.9 Å². The van der Waals surface area contributed by atoms with Gasteiger partial charge in [0.1, 0.15) is 0 Å². The molecule has 0 radical (unpaired) electrons. The lowest BCUT2D eigenvalue weighted by Gasteiger charge is -2.29. The molecule has 0 unspecified atom stereocenters. The van der Waals surface area contributed by atoms with Crippen molar-refractivity contribution in [2.75, 3.05) is 26.7 Å². The van der Waals surface area contributed by atoms with E-state index < -0.39 is 0 Å². The zero-order valence-corrected chi connectivity index (χ0v) is 11.1. The Kier molecular flexibility index (Phi) is 4.84. The highest BCUT2D eigenvalue weighted by atomic mass is 16.1. The average molecular weight is 238 g/mol. The van der Waals surface area contributed by atoms with Crippen LogP contribution in [0, 0.1) is 11.8 Å². The number of amides is 1. The first-order valence-electron chi connectivity index (χ1n) is 7.19. The maximum Gasteiger partial charge on any atom is 0.220 e. The van der Waals surface area contributed by atoms with Gasteiger partial charge >= 0.3 is 0 Å². The quantitative estimate of drug-likeness (QED) is 0.812. The highest BCUT2D eigenvalue weighted by Gasteiger charge is 2.20. The van der Waals surface area contributed by atoms with Crippen LogP contribution in [0.2, 0.25) is 0 Å². The minimum atomic E-state index is 0.288. The van der Waals surface area contributed by atoms with Gasteiger partial charge in [0.15, 0.2) is 0 Å². The molecular formula is C14H26N2O. The Bertz CT molecular complexity index is 241. The van der Waals surface area contributed by atoms with Gasteiger partial charge in [0.25, 0.3) is 0 Å².